The molecule has 0 N–H and O–H groups in total. The van der Waals surface area contributed by atoms with E-state index in [-0.39, 0.29) is 12.4 Å². The number of allylic oxidation sites excluding steroid dienone is 2. The maximum absolute atomic E-state index is 11.0. The molecule has 0 nitrogen and oxygen atoms in total. The van der Waals surface area contributed by atoms with E-state index in [1.165, 1.54) is 0 Å². The van der Waals surface area contributed by atoms with Crippen molar-refractivity contribution < 1.29 is 26.3 Å². The van der Waals surface area contributed by atoms with Crippen LogP contribution >= 0.6 is 0 Å². The van der Waals surface area contributed by atoms with Crippen LogP contribution < -0.4 is 0 Å². The van der Waals surface area contributed by atoms with Crippen molar-refractivity contribution in [3.05, 3.63) is 24.6 Å². The fraction of sp³-hybridized carbons (Fsp3) is 0.333. The van der Waals surface area contributed by atoms with E-state index in [4.69, 9.17) is 0 Å². The monoisotopic (exact) mass is 192 g/mol. The van der Waals surface area contributed by atoms with Gasteiger partial charge in [-0.05, 0) is 0 Å². The maximum atomic E-state index is 11.0. The van der Waals surface area contributed by atoms with Crippen molar-refractivity contribution in [1.29, 1.82) is 0 Å². The minimum atomic E-state index is -2.66. The van der Waals surface area contributed by atoms with Gasteiger partial charge in [-0.1, -0.05) is 0 Å². The Morgan fingerprint density at radius 1 is 1.25 bits per heavy atom. The van der Waals surface area contributed by atoms with Gasteiger partial charge in [0.15, 0.2) is 5.83 Å². The zero-order valence-corrected chi connectivity index (χ0v) is 5.78. The Hall–Kier alpha value is -0.940. The standard InChI is InChI=1S/2C3H3F3/c4-1-3(6)2-5;4-2-1-3(5)6/h1H,2H2;1-3H. The lowest BCUT2D eigenvalue weighted by molar-refractivity contribution is 0.202. The number of alkyl halides is 3. The van der Waals surface area contributed by atoms with Gasteiger partial charge >= 0.3 is 0 Å². The first-order chi connectivity index (χ1) is 5.58. The molecule has 0 rings (SSSR count). The minimum Gasteiger partial charge on any atom is -0.243 e. The zero-order chi connectivity index (χ0) is 9.98. The van der Waals surface area contributed by atoms with Crippen LogP contribution in [0, 0.1) is 0 Å². The minimum absolute atomic E-state index is 0.167. The van der Waals surface area contributed by atoms with Gasteiger partial charge in [0.2, 0.25) is 0 Å². The molecule has 0 radical (unpaired) electrons. The molecule has 0 unspecified atom stereocenters. The van der Waals surface area contributed by atoms with E-state index in [2.05, 4.69) is 0 Å². The highest BCUT2D eigenvalue weighted by atomic mass is 19.3. The van der Waals surface area contributed by atoms with Crippen LogP contribution in [-0.2, 0) is 0 Å². The lowest BCUT2D eigenvalue weighted by atomic mass is 10.7. The van der Waals surface area contributed by atoms with Crippen molar-refractivity contribution in [3.8, 4) is 0 Å². The van der Waals surface area contributed by atoms with E-state index in [1.807, 2.05) is 0 Å². The fourth-order valence-corrected chi connectivity index (χ4v) is 0.0841. The SMILES string of the molecule is FC=C(F)CF.FC=CC(F)F. The molecule has 0 spiro atoms. The molecular weight excluding hydrogens is 186 g/mol. The predicted molar refractivity (Wildman–Crippen MR) is 32.5 cm³/mol. The van der Waals surface area contributed by atoms with Crippen molar-refractivity contribution in [2.24, 2.45) is 0 Å². The molecule has 0 aliphatic carbocycles. The van der Waals surface area contributed by atoms with Gasteiger partial charge in [0.1, 0.15) is 13.0 Å². The van der Waals surface area contributed by atoms with Crippen LogP contribution in [0.3, 0.4) is 0 Å². The summed E-state index contributed by atoms with van der Waals surface area (Å²) in [6.07, 6.45) is -3.07. The lowest BCUT2D eigenvalue weighted by Crippen LogP contribution is -1.76. The Balaban J connectivity index is 0. The van der Waals surface area contributed by atoms with Crippen molar-refractivity contribution >= 4 is 0 Å². The average molecular weight is 192 g/mol. The molecule has 6 heteroatoms. The first-order valence-corrected chi connectivity index (χ1v) is 2.64. The van der Waals surface area contributed by atoms with Gasteiger partial charge in [0.25, 0.3) is 6.43 Å². The molecule has 0 aromatic carbocycles. The highest BCUT2D eigenvalue weighted by Crippen LogP contribution is 1.94. The molecule has 12 heavy (non-hydrogen) atoms. The zero-order valence-electron chi connectivity index (χ0n) is 5.78. The second-order valence-corrected chi connectivity index (χ2v) is 1.34. The van der Waals surface area contributed by atoms with Crippen molar-refractivity contribution in [3.63, 3.8) is 0 Å². The van der Waals surface area contributed by atoms with Gasteiger partial charge in [-0.3, -0.25) is 0 Å². The lowest BCUT2D eigenvalue weighted by Gasteiger charge is -1.76. The van der Waals surface area contributed by atoms with Crippen LogP contribution in [-0.4, -0.2) is 13.1 Å². The van der Waals surface area contributed by atoms with E-state index in [1.54, 1.807) is 0 Å². The second-order valence-electron chi connectivity index (χ2n) is 1.34. The summed E-state index contributed by atoms with van der Waals surface area (Å²) in [4.78, 5) is 0. The van der Waals surface area contributed by atoms with Crippen LogP contribution in [0.4, 0.5) is 26.3 Å². The maximum Gasteiger partial charge on any atom is 0.259 e. The topological polar surface area (TPSA) is 0 Å². The number of rotatable bonds is 2. The summed E-state index contributed by atoms with van der Waals surface area (Å²) in [6.45, 7) is -1.35. The highest BCUT2D eigenvalue weighted by Gasteiger charge is 1.89. The quantitative estimate of drug-likeness (QED) is 0.587. The molecule has 0 aromatic rings. The van der Waals surface area contributed by atoms with Crippen LogP contribution in [0.15, 0.2) is 24.6 Å². The first kappa shape index (κ1) is 13.6. The van der Waals surface area contributed by atoms with Crippen LogP contribution in [0.25, 0.3) is 0 Å². The van der Waals surface area contributed by atoms with Crippen LogP contribution in [0.1, 0.15) is 0 Å². The molecule has 0 atom stereocenters. The van der Waals surface area contributed by atoms with Gasteiger partial charge in [-0.2, -0.15) is 0 Å². The van der Waals surface area contributed by atoms with E-state index in [9.17, 15) is 26.3 Å². The Morgan fingerprint density at radius 2 is 1.75 bits per heavy atom. The van der Waals surface area contributed by atoms with E-state index >= 15 is 0 Å². The predicted octanol–water partition coefficient (Wildman–Crippen LogP) is 3.47. The van der Waals surface area contributed by atoms with Gasteiger partial charge in [0.05, 0.1) is 6.33 Å². The summed E-state index contributed by atoms with van der Waals surface area (Å²) in [5.74, 6) is -1.37. The highest BCUT2D eigenvalue weighted by molar-refractivity contribution is 4.82. The van der Waals surface area contributed by atoms with Gasteiger partial charge < -0.3 is 0 Å². The third kappa shape index (κ3) is 16.0. The van der Waals surface area contributed by atoms with Gasteiger partial charge in [0, 0.05) is 6.08 Å². The molecule has 0 aliphatic heterocycles. The molecule has 0 aromatic heterocycles. The summed E-state index contributed by atoms with van der Waals surface area (Å²) in [5.41, 5.74) is 0. The Kier molecular flexibility index (Phi) is 11.4. The molecule has 72 valence electrons. The number of halogens is 6. The third-order valence-corrected chi connectivity index (χ3v) is 0.464. The second kappa shape index (κ2) is 10.1. The number of hydrogen-bond donors (Lipinski definition) is 0. The van der Waals surface area contributed by atoms with Gasteiger partial charge in [-0.25, -0.2) is 26.3 Å². The molecule has 0 amide bonds. The molecule has 0 aliphatic rings. The molecular formula is C6H6F6. The van der Waals surface area contributed by atoms with Crippen molar-refractivity contribution in [2.45, 2.75) is 6.43 Å². The molecule has 0 saturated carbocycles. The normalized spacial score (nSPS) is 11.8. The summed E-state index contributed by atoms with van der Waals surface area (Å²) in [6, 6.07) is 0. The average Bonchev–Trinajstić information content (AvgIpc) is 2.04. The van der Waals surface area contributed by atoms with E-state index in [0.717, 1.165) is 0 Å². The van der Waals surface area contributed by atoms with Crippen molar-refractivity contribution in [1.82, 2.24) is 0 Å². The largest absolute Gasteiger partial charge is 0.259 e. The summed E-state index contributed by atoms with van der Waals surface area (Å²) in [5, 5.41) is 0. The number of hydrogen-bond acceptors (Lipinski definition) is 0. The molecule has 0 fully saturated rings. The summed E-state index contributed by atoms with van der Waals surface area (Å²) >= 11 is 0. The molecule has 0 bridgehead atoms. The molecule has 0 heterocycles. The Morgan fingerprint density at radius 3 is 1.75 bits per heavy atom. The van der Waals surface area contributed by atoms with Crippen LogP contribution in [0.2, 0.25) is 0 Å². The van der Waals surface area contributed by atoms with Gasteiger partial charge in [-0.15, -0.1) is 0 Å². The Labute approximate surface area is 65.2 Å². The summed E-state index contributed by atoms with van der Waals surface area (Å²) < 4.78 is 64.3. The first-order valence-electron chi connectivity index (χ1n) is 2.64. The van der Waals surface area contributed by atoms with E-state index in [0.29, 0.717) is 0 Å². The molecule has 0 saturated heterocycles. The summed E-state index contributed by atoms with van der Waals surface area (Å²) in [7, 11) is 0. The smallest absolute Gasteiger partial charge is 0.243 e. The Bertz CT molecular complexity index is 139. The fourth-order valence-electron chi connectivity index (χ4n) is 0.0841. The van der Waals surface area contributed by atoms with Crippen LogP contribution in [0.5, 0.6) is 0 Å². The van der Waals surface area contributed by atoms with E-state index < -0.39 is 25.3 Å². The van der Waals surface area contributed by atoms with Crippen molar-refractivity contribution in [2.75, 3.05) is 6.67 Å². The third-order valence-electron chi connectivity index (χ3n) is 0.464.